The second kappa shape index (κ2) is 7.30. The van der Waals surface area contributed by atoms with Gasteiger partial charge in [-0.05, 0) is 64.5 Å². The Morgan fingerprint density at radius 1 is 0.625 bits per heavy atom. The van der Waals surface area contributed by atoms with Gasteiger partial charge in [0.15, 0.2) is 8.32 Å². The molecule has 0 rings (SSSR count). The molecule has 2 unspecified atom stereocenters. The minimum atomic E-state index is -2.06. The van der Waals surface area contributed by atoms with E-state index < -0.39 is 24.7 Å². The number of hydrogen-bond acceptors (Lipinski definition) is 2. The summed E-state index contributed by atoms with van der Waals surface area (Å²) in [5, 5.41) is 0.154. The van der Waals surface area contributed by atoms with E-state index in [0.29, 0.717) is 5.04 Å². The van der Waals surface area contributed by atoms with Gasteiger partial charge >= 0.3 is 0 Å². The summed E-state index contributed by atoms with van der Waals surface area (Å²) in [5.41, 5.74) is 0. The summed E-state index contributed by atoms with van der Waals surface area (Å²) in [5.74, 6) is 0. The van der Waals surface area contributed by atoms with Crippen LogP contribution in [-0.2, 0) is 8.85 Å². The van der Waals surface area contributed by atoms with Crippen molar-refractivity contribution in [3.05, 3.63) is 0 Å². The van der Waals surface area contributed by atoms with Gasteiger partial charge < -0.3 is 8.85 Å². The van der Waals surface area contributed by atoms with E-state index in [9.17, 15) is 0 Å². The van der Waals surface area contributed by atoms with Crippen LogP contribution in [-0.4, -0.2) is 35.2 Å². The second-order valence-electron chi connectivity index (χ2n) is 10.9. The summed E-state index contributed by atoms with van der Waals surface area (Å²) in [4.78, 5) is 0. The average molecular weight is 391 g/mol. The molecule has 0 N–H and O–H groups in total. The summed E-state index contributed by atoms with van der Waals surface area (Å²) in [6, 6.07) is 0. The van der Waals surface area contributed by atoms with Crippen LogP contribution in [0.1, 0.15) is 61.3 Å². The minimum Gasteiger partial charge on any atom is -0.412 e. The van der Waals surface area contributed by atoms with Crippen molar-refractivity contribution in [1.29, 1.82) is 0 Å². The zero-order valence-corrected chi connectivity index (χ0v) is 22.2. The van der Waals surface area contributed by atoms with Crippen LogP contribution in [0.15, 0.2) is 0 Å². The van der Waals surface area contributed by atoms with Gasteiger partial charge in [0.05, 0.1) is 13.3 Å². The molecule has 0 radical (unpaired) electrons. The second-order valence-corrected chi connectivity index (χ2v) is 25.4. The maximum atomic E-state index is 7.17. The lowest BCUT2D eigenvalue weighted by molar-refractivity contribution is 0.0746. The lowest BCUT2D eigenvalue weighted by atomic mass is 10.2. The fourth-order valence-corrected chi connectivity index (χ4v) is 13.4. The van der Waals surface area contributed by atoms with Crippen molar-refractivity contribution < 1.29 is 8.85 Å². The maximum absolute atomic E-state index is 7.17. The van der Waals surface area contributed by atoms with E-state index in [0.717, 1.165) is 12.8 Å². The van der Waals surface area contributed by atoms with Crippen LogP contribution in [0, 0.1) is 0 Å². The van der Waals surface area contributed by atoms with E-state index in [2.05, 4.69) is 94.3 Å². The molecular formula is C19H46O2Si3. The molecule has 0 amide bonds. The third-order valence-corrected chi connectivity index (χ3v) is 19.1. The molecule has 0 aliphatic rings. The summed E-state index contributed by atoms with van der Waals surface area (Å²) in [7, 11) is -5.34. The highest BCUT2D eigenvalue weighted by molar-refractivity contribution is 6.84. The standard InChI is InChI=1S/C19H46O2Si3/c1-15-18(6,23(11,12)17(3,4)5)21-24(13,14)19(7,16-2)20-22(8,9)10/h15-16H2,1-14H3. The van der Waals surface area contributed by atoms with Crippen molar-refractivity contribution in [2.24, 2.45) is 0 Å². The lowest BCUT2D eigenvalue weighted by Crippen LogP contribution is -2.68. The largest absolute Gasteiger partial charge is 0.412 e. The molecule has 0 saturated carbocycles. The predicted molar refractivity (Wildman–Crippen MR) is 118 cm³/mol. The molecule has 0 saturated heterocycles. The molecular weight excluding hydrogens is 344 g/mol. The molecule has 0 bridgehead atoms. The number of hydrogen-bond donors (Lipinski definition) is 0. The van der Waals surface area contributed by atoms with E-state index in [-0.39, 0.29) is 10.4 Å². The fourth-order valence-electron chi connectivity index (χ4n) is 3.40. The van der Waals surface area contributed by atoms with E-state index in [1.807, 2.05) is 0 Å². The van der Waals surface area contributed by atoms with Gasteiger partial charge in [-0.15, -0.1) is 0 Å². The Kier molecular flexibility index (Phi) is 7.47. The first kappa shape index (κ1) is 24.6. The Hall–Kier alpha value is 0.571. The van der Waals surface area contributed by atoms with Crippen molar-refractivity contribution in [2.45, 2.75) is 123 Å². The van der Waals surface area contributed by atoms with E-state index in [1.165, 1.54) is 0 Å². The first-order chi connectivity index (χ1) is 10.3. The molecule has 146 valence electrons. The summed E-state index contributed by atoms with van der Waals surface area (Å²) in [6.45, 7) is 33.0. The molecule has 2 atom stereocenters. The van der Waals surface area contributed by atoms with Gasteiger partial charge in [-0.2, -0.15) is 0 Å². The van der Waals surface area contributed by atoms with Gasteiger partial charge in [-0.25, -0.2) is 0 Å². The number of rotatable bonds is 8. The normalized spacial score (nSPS) is 19.8. The van der Waals surface area contributed by atoms with Crippen LogP contribution >= 0.6 is 0 Å². The highest BCUT2D eigenvalue weighted by atomic mass is 28.4. The Bertz CT molecular complexity index is 421. The Labute approximate surface area is 156 Å². The van der Waals surface area contributed by atoms with Crippen LogP contribution in [0.2, 0.25) is 50.9 Å². The van der Waals surface area contributed by atoms with E-state index in [4.69, 9.17) is 8.85 Å². The average Bonchev–Trinajstić information content (AvgIpc) is 2.34. The quantitative estimate of drug-likeness (QED) is 0.416. The van der Waals surface area contributed by atoms with Crippen LogP contribution in [0.25, 0.3) is 0 Å². The zero-order valence-electron chi connectivity index (χ0n) is 19.2. The van der Waals surface area contributed by atoms with Crippen molar-refractivity contribution in [1.82, 2.24) is 0 Å². The van der Waals surface area contributed by atoms with Gasteiger partial charge in [0.1, 0.15) is 0 Å². The van der Waals surface area contributed by atoms with Crippen LogP contribution in [0.5, 0.6) is 0 Å². The van der Waals surface area contributed by atoms with Crippen molar-refractivity contribution in [3.63, 3.8) is 0 Å². The van der Waals surface area contributed by atoms with Crippen LogP contribution in [0.4, 0.5) is 0 Å². The Morgan fingerprint density at radius 3 is 1.25 bits per heavy atom. The highest BCUT2D eigenvalue weighted by Gasteiger charge is 2.56. The molecule has 0 spiro atoms. The molecule has 24 heavy (non-hydrogen) atoms. The monoisotopic (exact) mass is 390 g/mol. The van der Waals surface area contributed by atoms with Crippen molar-refractivity contribution in [2.75, 3.05) is 0 Å². The molecule has 0 aromatic rings. The zero-order chi connectivity index (χ0) is 19.8. The summed E-state index contributed by atoms with van der Waals surface area (Å²) >= 11 is 0. The molecule has 5 heteroatoms. The molecule has 0 aromatic heterocycles. The predicted octanol–water partition coefficient (Wildman–Crippen LogP) is 6.98. The van der Waals surface area contributed by atoms with Crippen LogP contribution in [0.3, 0.4) is 0 Å². The molecule has 2 nitrogen and oxygen atoms in total. The third kappa shape index (κ3) is 5.06. The lowest BCUT2D eigenvalue weighted by Gasteiger charge is -2.56. The first-order valence-electron chi connectivity index (χ1n) is 9.69. The summed E-state index contributed by atoms with van der Waals surface area (Å²) in [6.07, 6.45) is 2.10. The van der Waals surface area contributed by atoms with Crippen molar-refractivity contribution >= 4 is 24.7 Å². The van der Waals surface area contributed by atoms with Gasteiger partial charge in [-0.3, -0.25) is 0 Å². The molecule has 0 heterocycles. The van der Waals surface area contributed by atoms with E-state index >= 15 is 0 Å². The van der Waals surface area contributed by atoms with Gasteiger partial charge in [0, 0.05) is 5.22 Å². The first-order valence-corrected chi connectivity index (χ1v) is 19.0. The molecule has 0 aliphatic heterocycles. The summed E-state index contributed by atoms with van der Waals surface area (Å²) < 4.78 is 13.9. The van der Waals surface area contributed by atoms with Crippen LogP contribution < -0.4 is 0 Å². The van der Waals surface area contributed by atoms with Gasteiger partial charge in [0.25, 0.3) is 0 Å². The fraction of sp³-hybridized carbons (Fsp3) is 1.00. The minimum absolute atomic E-state index is 0.0276. The Balaban J connectivity index is 5.88. The van der Waals surface area contributed by atoms with Gasteiger partial charge in [-0.1, -0.05) is 47.7 Å². The van der Waals surface area contributed by atoms with E-state index in [1.54, 1.807) is 0 Å². The molecule has 0 aliphatic carbocycles. The molecule has 0 aromatic carbocycles. The topological polar surface area (TPSA) is 18.5 Å². The molecule has 0 fully saturated rings. The smallest absolute Gasteiger partial charge is 0.216 e. The Morgan fingerprint density at radius 2 is 1.00 bits per heavy atom. The highest BCUT2D eigenvalue weighted by Crippen LogP contribution is 2.48. The maximum Gasteiger partial charge on any atom is 0.216 e. The van der Waals surface area contributed by atoms with Crippen molar-refractivity contribution in [3.8, 4) is 0 Å². The SMILES string of the molecule is CCC(C)(O[Si](C)(C)C)[Si](C)(C)OC(C)(CC)[Si](C)(C)C(C)(C)C. The third-order valence-electron chi connectivity index (χ3n) is 6.83. The van der Waals surface area contributed by atoms with Gasteiger partial charge in [0.2, 0.25) is 8.32 Å².